The second-order valence-electron chi connectivity index (χ2n) is 3.23. The predicted octanol–water partition coefficient (Wildman–Crippen LogP) is 1.48. The molecule has 6 nitrogen and oxygen atoms in total. The summed E-state index contributed by atoms with van der Waals surface area (Å²) < 4.78 is 4.27. The minimum Gasteiger partial charge on any atom is -0.478 e. The number of carboxylic acids is 1. The maximum absolute atomic E-state index is 10.2. The summed E-state index contributed by atoms with van der Waals surface area (Å²) in [6.45, 7) is 6.75. The molecule has 0 saturated heterocycles. The molecule has 0 aromatic rings. The van der Waals surface area contributed by atoms with Crippen molar-refractivity contribution in [1.82, 2.24) is 0 Å². The average Bonchev–Trinajstić information content (AvgIpc) is 2.33. The number of methoxy groups -OCH3 is 1. The van der Waals surface area contributed by atoms with Crippen molar-refractivity contribution in [3.8, 4) is 0 Å². The molecule has 6 heteroatoms. The SMILES string of the molecule is C=C(C)C(=O)OC.CC(=CCCN=C=O)C(=O)O. The minimum atomic E-state index is -0.944. The summed E-state index contributed by atoms with van der Waals surface area (Å²) in [6.07, 6.45) is 3.35. The number of esters is 1. The van der Waals surface area contributed by atoms with Crippen LogP contribution in [0.15, 0.2) is 28.8 Å². The molecule has 0 saturated carbocycles. The number of aliphatic carboxylic acids is 1. The molecule has 0 atom stereocenters. The molecular weight excluding hydrogens is 238 g/mol. The lowest BCUT2D eigenvalue weighted by Crippen LogP contribution is -1.98. The molecule has 0 rings (SSSR count). The van der Waals surface area contributed by atoms with Gasteiger partial charge in [-0.2, -0.15) is 0 Å². The first kappa shape index (κ1) is 18.2. The van der Waals surface area contributed by atoms with Crippen molar-refractivity contribution in [2.45, 2.75) is 20.3 Å². The van der Waals surface area contributed by atoms with Gasteiger partial charge in [-0.1, -0.05) is 12.7 Å². The Labute approximate surface area is 106 Å². The fourth-order valence-electron chi connectivity index (χ4n) is 0.653. The van der Waals surface area contributed by atoms with Crippen LogP contribution in [0.4, 0.5) is 0 Å². The van der Waals surface area contributed by atoms with E-state index in [4.69, 9.17) is 5.11 Å². The fourth-order valence-corrected chi connectivity index (χ4v) is 0.653. The summed E-state index contributed by atoms with van der Waals surface area (Å²) >= 11 is 0. The minimum absolute atomic E-state index is 0.270. The van der Waals surface area contributed by atoms with Gasteiger partial charge in [0.2, 0.25) is 6.08 Å². The zero-order chi connectivity index (χ0) is 14.6. The number of rotatable bonds is 5. The van der Waals surface area contributed by atoms with Crippen molar-refractivity contribution < 1.29 is 24.2 Å². The third-order valence-corrected chi connectivity index (χ3v) is 1.63. The van der Waals surface area contributed by atoms with Crippen LogP contribution in [0.3, 0.4) is 0 Å². The van der Waals surface area contributed by atoms with Crippen LogP contribution in [-0.2, 0) is 19.1 Å². The molecule has 0 aromatic heterocycles. The molecule has 0 aromatic carbocycles. The number of carbonyl (C=O) groups excluding carboxylic acids is 2. The van der Waals surface area contributed by atoms with E-state index in [0.29, 0.717) is 18.5 Å². The highest BCUT2D eigenvalue weighted by Gasteiger charge is 1.96. The number of carbonyl (C=O) groups is 2. The summed E-state index contributed by atoms with van der Waals surface area (Å²) in [5.41, 5.74) is 0.702. The van der Waals surface area contributed by atoms with Crippen LogP contribution in [0.25, 0.3) is 0 Å². The zero-order valence-electron chi connectivity index (χ0n) is 10.7. The van der Waals surface area contributed by atoms with Crippen LogP contribution in [0.1, 0.15) is 20.3 Å². The van der Waals surface area contributed by atoms with Gasteiger partial charge in [-0.3, -0.25) is 0 Å². The first-order chi connectivity index (χ1) is 8.36. The van der Waals surface area contributed by atoms with Gasteiger partial charge in [-0.05, 0) is 20.3 Å². The van der Waals surface area contributed by atoms with Crippen molar-refractivity contribution in [1.29, 1.82) is 0 Å². The third kappa shape index (κ3) is 11.9. The summed E-state index contributed by atoms with van der Waals surface area (Å²) in [4.78, 5) is 33.2. The van der Waals surface area contributed by atoms with E-state index in [9.17, 15) is 14.4 Å². The Bertz CT molecular complexity index is 378. The first-order valence-corrected chi connectivity index (χ1v) is 5.04. The Balaban J connectivity index is 0. The number of isocyanates is 1. The van der Waals surface area contributed by atoms with Gasteiger partial charge in [0.1, 0.15) is 0 Å². The molecule has 0 aliphatic carbocycles. The monoisotopic (exact) mass is 255 g/mol. The lowest BCUT2D eigenvalue weighted by molar-refractivity contribution is -0.136. The second kappa shape index (κ2) is 11.3. The van der Waals surface area contributed by atoms with E-state index in [1.807, 2.05) is 0 Å². The molecule has 0 unspecified atom stereocenters. The van der Waals surface area contributed by atoms with Crippen LogP contribution in [0, 0.1) is 0 Å². The van der Waals surface area contributed by atoms with Crippen molar-refractivity contribution >= 4 is 18.0 Å². The van der Waals surface area contributed by atoms with E-state index < -0.39 is 5.97 Å². The molecule has 0 heterocycles. The van der Waals surface area contributed by atoms with E-state index in [0.717, 1.165) is 0 Å². The molecule has 0 radical (unpaired) electrons. The molecular formula is C12H17NO5. The van der Waals surface area contributed by atoms with Crippen molar-refractivity contribution in [2.24, 2.45) is 4.99 Å². The fraction of sp³-hybridized carbons (Fsp3) is 0.417. The van der Waals surface area contributed by atoms with Crippen LogP contribution >= 0.6 is 0 Å². The van der Waals surface area contributed by atoms with Crippen LogP contribution in [0.5, 0.6) is 0 Å². The molecule has 1 N–H and O–H groups in total. The quantitative estimate of drug-likeness (QED) is 0.264. The zero-order valence-corrected chi connectivity index (χ0v) is 10.7. The summed E-state index contributed by atoms with van der Waals surface area (Å²) in [7, 11) is 1.33. The van der Waals surface area contributed by atoms with Gasteiger partial charge in [0.05, 0.1) is 13.7 Å². The summed E-state index contributed by atoms with van der Waals surface area (Å²) in [5.74, 6) is -1.29. The average molecular weight is 255 g/mol. The molecule has 0 bridgehead atoms. The smallest absolute Gasteiger partial charge is 0.332 e. The number of ether oxygens (including phenoxy) is 1. The largest absolute Gasteiger partial charge is 0.478 e. The topological polar surface area (TPSA) is 93.0 Å². The summed E-state index contributed by atoms with van der Waals surface area (Å²) in [6, 6.07) is 0. The number of hydrogen-bond donors (Lipinski definition) is 1. The van der Waals surface area contributed by atoms with Gasteiger partial charge in [0, 0.05) is 11.1 Å². The highest BCUT2D eigenvalue weighted by atomic mass is 16.5. The van der Waals surface area contributed by atoms with Crippen LogP contribution in [-0.4, -0.2) is 36.8 Å². The predicted molar refractivity (Wildman–Crippen MR) is 65.8 cm³/mol. The second-order valence-corrected chi connectivity index (χ2v) is 3.23. The lowest BCUT2D eigenvalue weighted by atomic mass is 10.2. The number of hydrogen-bond acceptors (Lipinski definition) is 5. The highest BCUT2D eigenvalue weighted by molar-refractivity contribution is 5.86. The molecule has 100 valence electrons. The highest BCUT2D eigenvalue weighted by Crippen LogP contribution is 1.94. The standard InChI is InChI=1S/C7H9NO3.C5H8O2/c1-6(7(10)11)3-2-4-8-5-9;1-4(2)5(6)7-3/h3H,2,4H2,1H3,(H,10,11);1H2,2-3H3. The Morgan fingerprint density at radius 3 is 2.28 bits per heavy atom. The van der Waals surface area contributed by atoms with Crippen LogP contribution < -0.4 is 0 Å². The molecule has 0 aliphatic heterocycles. The van der Waals surface area contributed by atoms with Gasteiger partial charge in [-0.15, -0.1) is 0 Å². The normalized spacial score (nSPS) is 9.39. The molecule has 0 amide bonds. The first-order valence-electron chi connectivity index (χ1n) is 5.04. The lowest BCUT2D eigenvalue weighted by Gasteiger charge is -1.91. The van der Waals surface area contributed by atoms with E-state index in [2.05, 4.69) is 16.3 Å². The van der Waals surface area contributed by atoms with Gasteiger partial charge in [-0.25, -0.2) is 19.4 Å². The molecule has 0 fully saturated rings. The third-order valence-electron chi connectivity index (χ3n) is 1.63. The van der Waals surface area contributed by atoms with Crippen molar-refractivity contribution in [3.05, 3.63) is 23.8 Å². The number of aliphatic imine (C=N–C) groups is 1. The van der Waals surface area contributed by atoms with Crippen LogP contribution in [0.2, 0.25) is 0 Å². The van der Waals surface area contributed by atoms with Crippen molar-refractivity contribution in [3.63, 3.8) is 0 Å². The van der Waals surface area contributed by atoms with E-state index in [-0.39, 0.29) is 11.5 Å². The Morgan fingerprint density at radius 2 is 2.00 bits per heavy atom. The summed E-state index contributed by atoms with van der Waals surface area (Å²) in [5, 5.41) is 8.36. The number of carboxylic acid groups (broad SMARTS) is 1. The van der Waals surface area contributed by atoms with Gasteiger partial charge < -0.3 is 9.84 Å². The van der Waals surface area contributed by atoms with Crippen molar-refractivity contribution in [2.75, 3.05) is 13.7 Å². The van der Waals surface area contributed by atoms with Gasteiger partial charge in [0.15, 0.2) is 0 Å². The maximum atomic E-state index is 10.2. The maximum Gasteiger partial charge on any atom is 0.332 e. The molecule has 18 heavy (non-hydrogen) atoms. The van der Waals surface area contributed by atoms with Gasteiger partial charge in [0.25, 0.3) is 0 Å². The number of nitrogens with zero attached hydrogens (tertiary/aromatic N) is 1. The van der Waals surface area contributed by atoms with Gasteiger partial charge >= 0.3 is 11.9 Å². The Kier molecular flexibility index (Phi) is 11.4. The Morgan fingerprint density at radius 1 is 1.44 bits per heavy atom. The van der Waals surface area contributed by atoms with E-state index in [1.165, 1.54) is 26.2 Å². The molecule has 0 spiro atoms. The van der Waals surface area contributed by atoms with E-state index >= 15 is 0 Å². The Hall–Kier alpha value is -2.20. The molecule has 0 aliphatic rings. The van der Waals surface area contributed by atoms with E-state index in [1.54, 1.807) is 6.92 Å².